The molecule has 1 nitrogen and oxygen atoms in total. The zero-order chi connectivity index (χ0) is 7.40. The third-order valence-electron chi connectivity index (χ3n) is 1.39. The van der Waals surface area contributed by atoms with Crippen molar-refractivity contribution < 1.29 is 58.6 Å². The van der Waals surface area contributed by atoms with Crippen LogP contribution in [0.2, 0.25) is 0 Å². The van der Waals surface area contributed by atoms with Crippen LogP contribution in [-0.2, 0) is 65.0 Å². The van der Waals surface area contributed by atoms with Gasteiger partial charge in [0.2, 0.25) is 0 Å². The largest absolute Gasteiger partial charge is 0.359 e. The van der Waals surface area contributed by atoms with Crippen LogP contribution in [-0.4, -0.2) is 6.29 Å². The molecule has 0 saturated heterocycles. The van der Waals surface area contributed by atoms with Crippen molar-refractivity contribution in [3.05, 3.63) is 35.4 Å². The van der Waals surface area contributed by atoms with Crippen LogP contribution in [0.4, 0.5) is 0 Å². The smallest absolute Gasteiger partial charge is 0.120 e. The van der Waals surface area contributed by atoms with Gasteiger partial charge in [-0.15, -0.1) is 6.92 Å². The van der Waals surface area contributed by atoms with E-state index in [1.165, 1.54) is 0 Å². The number of rotatable bonds is 2. The van der Waals surface area contributed by atoms with Gasteiger partial charge in [0.05, 0.1) is 0 Å². The number of hydrogen-bond donors (Lipinski definition) is 0. The third kappa shape index (κ3) is 4.65. The minimum atomic E-state index is 0. The normalized spacial score (nSPS) is 7.75. The molecule has 0 heterocycles. The predicted molar refractivity (Wildman–Crippen MR) is 38.6 cm³/mol. The summed E-state index contributed by atoms with van der Waals surface area (Å²) in [6.07, 6.45) is 1.35. The molecule has 0 saturated carbocycles. The van der Waals surface area contributed by atoms with E-state index in [1.807, 2.05) is 13.0 Å². The van der Waals surface area contributed by atoms with Crippen LogP contribution in [0.3, 0.4) is 0 Å². The van der Waals surface area contributed by atoms with Gasteiger partial charge in [-0.2, -0.15) is 0 Å². The molecule has 0 atom stereocenters. The summed E-state index contributed by atoms with van der Waals surface area (Å²) in [6.45, 7) is 1.95. The second-order valence-electron chi connectivity index (χ2n) is 2.13. The number of hydrogen-bond acceptors (Lipinski definition) is 1. The molecule has 0 unspecified atom stereocenters. The molecule has 3 heteroatoms. The van der Waals surface area contributed by atoms with Gasteiger partial charge in [0, 0.05) is 53.8 Å². The van der Waals surface area contributed by atoms with Crippen molar-refractivity contribution in [3.63, 3.8) is 0 Å². The first kappa shape index (κ1) is 15.2. The van der Waals surface area contributed by atoms with Gasteiger partial charge in [-0.25, -0.2) is 0 Å². The molecule has 1 aromatic rings. The molecule has 1 rings (SSSR count). The molecule has 1 aromatic carbocycles. The topological polar surface area (TPSA) is 17.1 Å². The molecule has 0 fully saturated rings. The third-order valence-corrected chi connectivity index (χ3v) is 1.39. The Hall–Kier alpha value is 0.682. The molecular weight excluding hydrogens is 397 g/mol. The van der Waals surface area contributed by atoms with E-state index < -0.39 is 0 Å². The van der Waals surface area contributed by atoms with Crippen LogP contribution in [0.15, 0.2) is 12.1 Å². The van der Waals surface area contributed by atoms with Crippen LogP contribution < -0.4 is 0 Å². The number of carbonyl (C=O) groups excluding carboxylic acids is 1. The van der Waals surface area contributed by atoms with Crippen molar-refractivity contribution in [3.8, 4) is 0 Å². The van der Waals surface area contributed by atoms with Gasteiger partial charge in [0.25, 0.3) is 0 Å². The first-order valence-corrected chi connectivity index (χ1v) is 3.15. The number of carbonyl (C=O) groups is 1. The maximum atomic E-state index is 10.1. The summed E-state index contributed by atoms with van der Waals surface area (Å²) < 4.78 is 0. The fourth-order valence-corrected chi connectivity index (χ4v) is 0.800. The van der Waals surface area contributed by atoms with E-state index >= 15 is 0 Å². The molecule has 0 amide bonds. The number of benzene rings is 1. The second-order valence-corrected chi connectivity index (χ2v) is 2.13. The minimum absolute atomic E-state index is 0. The van der Waals surface area contributed by atoms with E-state index in [0.717, 1.165) is 17.4 Å². The van der Waals surface area contributed by atoms with E-state index in [4.69, 9.17) is 0 Å². The fraction of sp³-hybridized carbons (Fsp3) is 0.222. The maximum absolute atomic E-state index is 10.1. The Morgan fingerprint density at radius 1 is 1.58 bits per heavy atom. The Morgan fingerprint density at radius 2 is 2.25 bits per heavy atom. The Kier molecular flexibility index (Phi) is 10.5. The molecule has 0 spiro atoms. The van der Waals surface area contributed by atoms with Crippen molar-refractivity contribution in [2.45, 2.75) is 13.3 Å². The molecular formula is C9H8OWY-2. The van der Waals surface area contributed by atoms with Crippen molar-refractivity contribution in [1.82, 2.24) is 0 Å². The molecule has 0 aromatic heterocycles. The average Bonchev–Trinajstić information content (AvgIpc) is 1.94. The van der Waals surface area contributed by atoms with Crippen LogP contribution >= 0.6 is 0 Å². The molecule has 12 heavy (non-hydrogen) atoms. The average molecular weight is 405 g/mol. The number of aldehydes is 1. The molecule has 0 aliphatic heterocycles. The summed E-state index contributed by atoms with van der Waals surface area (Å²) >= 11 is 0. The van der Waals surface area contributed by atoms with E-state index in [-0.39, 0.29) is 53.8 Å². The van der Waals surface area contributed by atoms with Crippen molar-refractivity contribution in [1.29, 1.82) is 0 Å². The summed E-state index contributed by atoms with van der Waals surface area (Å²) in [7, 11) is 0. The van der Waals surface area contributed by atoms with Crippen molar-refractivity contribution in [2.24, 2.45) is 0 Å². The van der Waals surface area contributed by atoms with Crippen LogP contribution in [0.5, 0.6) is 0 Å². The fourth-order valence-electron chi connectivity index (χ4n) is 0.800. The van der Waals surface area contributed by atoms with Crippen molar-refractivity contribution in [2.75, 3.05) is 0 Å². The monoisotopic (exact) mass is 405 g/mol. The Morgan fingerprint density at radius 3 is 2.75 bits per heavy atom. The first-order valence-electron chi connectivity index (χ1n) is 3.15. The molecule has 61 valence electrons. The van der Waals surface area contributed by atoms with Gasteiger partial charge >= 0.3 is 0 Å². The van der Waals surface area contributed by atoms with E-state index in [1.54, 1.807) is 6.07 Å². The first-order chi connectivity index (χ1) is 4.84. The second kappa shape index (κ2) is 8.29. The van der Waals surface area contributed by atoms with Crippen LogP contribution in [0.1, 0.15) is 11.1 Å². The quantitative estimate of drug-likeness (QED) is 0.537. The van der Waals surface area contributed by atoms with Gasteiger partial charge in [-0.1, -0.05) is 0 Å². The molecule has 0 bridgehead atoms. The van der Waals surface area contributed by atoms with Gasteiger partial charge in [0.15, 0.2) is 0 Å². The molecule has 0 aliphatic carbocycles. The molecule has 1 radical (unpaired) electrons. The van der Waals surface area contributed by atoms with E-state index in [2.05, 4.69) is 12.1 Å². The maximum Gasteiger partial charge on any atom is 0.120 e. The summed E-state index contributed by atoms with van der Waals surface area (Å²) in [5.41, 5.74) is 2.04. The number of aryl methyl sites for hydroxylation is 1. The van der Waals surface area contributed by atoms with Gasteiger partial charge in [-0.3, -0.25) is 17.2 Å². The van der Waals surface area contributed by atoms with Gasteiger partial charge in [0.1, 0.15) is 6.29 Å². The van der Waals surface area contributed by atoms with Gasteiger partial charge in [-0.05, 0) is 6.42 Å². The zero-order valence-corrected chi connectivity index (χ0v) is 12.6. The molecule has 0 N–H and O–H groups in total. The Bertz CT molecular complexity index is 238. The standard InChI is InChI=1S/C9H8O.W.Y/c1-8-4-2-3-5-9(8)6-7-10;;/h3-4,7H,6H2,1H3;;/q-2;;. The summed E-state index contributed by atoms with van der Waals surface area (Å²) in [4.78, 5) is 10.1. The SMILES string of the molecule is Cc1c[c-]c[c-]c1CC=O.[W].[Y]. The summed E-state index contributed by atoms with van der Waals surface area (Å²) in [5, 5.41) is 0. The Labute approximate surface area is 112 Å². The zero-order valence-electron chi connectivity index (χ0n) is 6.83. The minimum Gasteiger partial charge on any atom is -0.359 e. The summed E-state index contributed by atoms with van der Waals surface area (Å²) in [6, 6.07) is 9.40. The van der Waals surface area contributed by atoms with Crippen molar-refractivity contribution >= 4 is 6.29 Å². The Balaban J connectivity index is 0. The van der Waals surface area contributed by atoms with Crippen LogP contribution in [0, 0.1) is 19.1 Å². The van der Waals surface area contributed by atoms with E-state index in [9.17, 15) is 4.79 Å². The van der Waals surface area contributed by atoms with E-state index in [0.29, 0.717) is 6.42 Å². The summed E-state index contributed by atoms with van der Waals surface area (Å²) in [5.74, 6) is 0. The molecule has 0 aliphatic rings. The van der Waals surface area contributed by atoms with Gasteiger partial charge < -0.3 is 23.0 Å². The van der Waals surface area contributed by atoms with Crippen LogP contribution in [0.25, 0.3) is 0 Å². The predicted octanol–water partition coefficient (Wildman–Crippen LogP) is 1.33.